The Morgan fingerprint density at radius 3 is 2.81 bits per heavy atom. The molecule has 0 N–H and O–H groups in total. The van der Waals surface area contributed by atoms with Crippen LogP contribution >= 0.6 is 23.2 Å². The number of allylic oxidation sites excluding steroid dienone is 8. The number of benzene rings is 1. The molecule has 0 aliphatic heterocycles. The van der Waals surface area contributed by atoms with Gasteiger partial charge < -0.3 is 0 Å². The van der Waals surface area contributed by atoms with Crippen LogP contribution in [0.5, 0.6) is 0 Å². The van der Waals surface area contributed by atoms with E-state index in [4.69, 9.17) is 23.2 Å². The van der Waals surface area contributed by atoms with Gasteiger partial charge in [0, 0.05) is 5.92 Å². The van der Waals surface area contributed by atoms with Crippen molar-refractivity contribution < 1.29 is 0 Å². The Kier molecular flexibility index (Phi) is 5.43. The van der Waals surface area contributed by atoms with Crippen LogP contribution < -0.4 is 0 Å². The highest BCUT2D eigenvalue weighted by Crippen LogP contribution is 2.48. The molecule has 0 heterocycles. The molecule has 1 aromatic carbocycles. The van der Waals surface area contributed by atoms with E-state index >= 15 is 0 Å². The van der Waals surface area contributed by atoms with Crippen molar-refractivity contribution in [3.05, 3.63) is 76.4 Å². The van der Waals surface area contributed by atoms with Crippen molar-refractivity contribution in [3.8, 4) is 0 Å². The van der Waals surface area contributed by atoms with E-state index in [0.29, 0.717) is 5.92 Å². The van der Waals surface area contributed by atoms with Crippen molar-refractivity contribution in [2.24, 2.45) is 0 Å². The van der Waals surface area contributed by atoms with E-state index in [-0.39, 0.29) is 10.8 Å². The number of halogens is 2. The van der Waals surface area contributed by atoms with Gasteiger partial charge in [0.25, 0.3) is 0 Å². The van der Waals surface area contributed by atoms with Gasteiger partial charge in [0.1, 0.15) is 0 Å². The summed E-state index contributed by atoms with van der Waals surface area (Å²) in [6, 6.07) is 9.01. The van der Waals surface area contributed by atoms with Crippen molar-refractivity contribution in [1.82, 2.24) is 0 Å². The first kappa shape index (κ1) is 18.1. The largest absolute Gasteiger partial charge is 0.116 e. The zero-order chi connectivity index (χ0) is 18.1. The summed E-state index contributed by atoms with van der Waals surface area (Å²) >= 11 is 12.8. The molecule has 3 atom stereocenters. The Labute approximate surface area is 167 Å². The van der Waals surface area contributed by atoms with Crippen LogP contribution in [-0.2, 0) is 0 Å². The number of fused-ring (bicyclic) bond motifs is 2. The van der Waals surface area contributed by atoms with Gasteiger partial charge in [-0.3, -0.25) is 0 Å². The second-order valence-electron chi connectivity index (χ2n) is 7.67. The molecule has 3 unspecified atom stereocenters. The number of alkyl halides is 2. The second kappa shape index (κ2) is 7.79. The Hall–Kier alpha value is -1.24. The zero-order valence-electron chi connectivity index (χ0n) is 15.3. The predicted molar refractivity (Wildman–Crippen MR) is 114 cm³/mol. The summed E-state index contributed by atoms with van der Waals surface area (Å²) in [4.78, 5) is 0. The second-order valence-corrected chi connectivity index (χ2v) is 8.65. The number of hydrogen-bond acceptors (Lipinski definition) is 0. The van der Waals surface area contributed by atoms with Crippen LogP contribution in [0.4, 0.5) is 0 Å². The maximum absolute atomic E-state index is 6.53. The first-order valence-corrected chi connectivity index (χ1v) is 10.7. The van der Waals surface area contributed by atoms with Gasteiger partial charge in [0.2, 0.25) is 0 Å². The molecule has 0 saturated carbocycles. The summed E-state index contributed by atoms with van der Waals surface area (Å²) in [6.45, 7) is 2.15. The molecule has 0 nitrogen and oxygen atoms in total. The van der Waals surface area contributed by atoms with Crippen molar-refractivity contribution in [3.63, 3.8) is 0 Å². The molecular weight excluding hydrogens is 359 g/mol. The smallest absolute Gasteiger partial charge is 0.0750 e. The molecule has 26 heavy (non-hydrogen) atoms. The molecule has 1 aromatic rings. The molecule has 4 rings (SSSR count). The normalized spacial score (nSPS) is 27.1. The summed E-state index contributed by atoms with van der Waals surface area (Å²) in [5, 5.41) is -0.123. The van der Waals surface area contributed by atoms with E-state index in [1.807, 2.05) is 6.08 Å². The summed E-state index contributed by atoms with van der Waals surface area (Å²) in [5.74, 6) is 0.576. The highest BCUT2D eigenvalue weighted by atomic mass is 35.5. The summed E-state index contributed by atoms with van der Waals surface area (Å²) < 4.78 is 0. The van der Waals surface area contributed by atoms with Crippen LogP contribution in [0.1, 0.15) is 62.5 Å². The number of unbranched alkanes of at least 4 members (excludes halogenated alkanes) is 1. The minimum Gasteiger partial charge on any atom is -0.116 e. The topological polar surface area (TPSA) is 0 Å². The molecule has 136 valence electrons. The highest BCUT2D eigenvalue weighted by Gasteiger charge is 2.30. The van der Waals surface area contributed by atoms with E-state index in [9.17, 15) is 0 Å². The molecule has 0 aromatic heterocycles. The lowest BCUT2D eigenvalue weighted by Crippen LogP contribution is -2.19. The fourth-order valence-electron chi connectivity index (χ4n) is 4.70. The van der Waals surface area contributed by atoms with Crippen molar-refractivity contribution >= 4 is 28.8 Å². The molecule has 0 saturated heterocycles. The lowest BCUT2D eigenvalue weighted by molar-refractivity contribution is 0.621. The van der Waals surface area contributed by atoms with Gasteiger partial charge in [-0.25, -0.2) is 0 Å². The van der Waals surface area contributed by atoms with Gasteiger partial charge in [-0.2, -0.15) is 0 Å². The third-order valence-electron chi connectivity index (χ3n) is 6.08. The molecule has 0 spiro atoms. The van der Waals surface area contributed by atoms with E-state index in [2.05, 4.69) is 49.4 Å². The Morgan fingerprint density at radius 1 is 1.08 bits per heavy atom. The Balaban J connectivity index is 1.42. The third kappa shape index (κ3) is 3.35. The van der Waals surface area contributed by atoms with Crippen molar-refractivity contribution in [1.29, 1.82) is 0 Å². The highest BCUT2D eigenvalue weighted by molar-refractivity contribution is 6.32. The fourth-order valence-corrected chi connectivity index (χ4v) is 5.29. The molecule has 2 heteroatoms. The van der Waals surface area contributed by atoms with Gasteiger partial charge in [0.05, 0.1) is 10.8 Å². The number of hydrogen-bond donors (Lipinski definition) is 0. The van der Waals surface area contributed by atoms with Crippen LogP contribution in [0.25, 0.3) is 5.57 Å². The van der Waals surface area contributed by atoms with Gasteiger partial charge in [0.15, 0.2) is 0 Å². The summed E-state index contributed by atoms with van der Waals surface area (Å²) in [5.41, 5.74) is 8.83. The third-order valence-corrected chi connectivity index (χ3v) is 7.14. The molecule has 0 amide bonds. The van der Waals surface area contributed by atoms with Gasteiger partial charge in [-0.1, -0.05) is 60.6 Å². The summed E-state index contributed by atoms with van der Waals surface area (Å²) in [7, 11) is 0. The number of rotatable bonds is 5. The molecule has 0 bridgehead atoms. The van der Waals surface area contributed by atoms with Crippen molar-refractivity contribution in [2.45, 2.75) is 62.1 Å². The Bertz CT molecular complexity index is 809. The molecule has 0 fully saturated rings. The molecule has 3 aliphatic rings. The first-order chi connectivity index (χ1) is 12.7. The zero-order valence-corrected chi connectivity index (χ0v) is 16.9. The average molecular weight is 385 g/mol. The van der Waals surface area contributed by atoms with Gasteiger partial charge in [-0.15, -0.1) is 23.2 Å². The summed E-state index contributed by atoms with van der Waals surface area (Å²) in [6.07, 6.45) is 15.9. The molecule has 0 radical (unpaired) electrons. The maximum Gasteiger partial charge on any atom is 0.0750 e. The first-order valence-electron chi connectivity index (χ1n) is 9.81. The van der Waals surface area contributed by atoms with E-state index < -0.39 is 0 Å². The monoisotopic (exact) mass is 384 g/mol. The van der Waals surface area contributed by atoms with Gasteiger partial charge in [-0.05, 0) is 66.9 Å². The van der Waals surface area contributed by atoms with E-state index in [0.717, 1.165) is 6.42 Å². The van der Waals surface area contributed by atoms with E-state index in [1.165, 1.54) is 54.4 Å². The SMILES string of the molecule is CC1=C(CCCCC2C3=C(CCC=C3)c3ccccc32)C(Cl)C(Cl)C=C1. The van der Waals surface area contributed by atoms with Crippen LogP contribution in [0.15, 0.2) is 65.3 Å². The standard InChI is InChI=1S/C24H26Cl2/c1-16-14-15-23(25)24(26)17(16)8-2-3-9-18-19-10-4-6-12-21(19)22-13-7-5-11-20(18)22/h4-6,10-12,14-15,18,23-24H,2-3,7-9,13H2,1H3. The van der Waals surface area contributed by atoms with Crippen LogP contribution in [0, 0.1) is 0 Å². The van der Waals surface area contributed by atoms with Gasteiger partial charge >= 0.3 is 0 Å². The fraction of sp³-hybridized carbons (Fsp3) is 0.417. The van der Waals surface area contributed by atoms with Crippen LogP contribution in [0.3, 0.4) is 0 Å². The van der Waals surface area contributed by atoms with Crippen LogP contribution in [0.2, 0.25) is 0 Å². The lowest BCUT2D eigenvalue weighted by atomic mass is 9.87. The lowest BCUT2D eigenvalue weighted by Gasteiger charge is -2.23. The van der Waals surface area contributed by atoms with Crippen molar-refractivity contribution in [2.75, 3.05) is 0 Å². The minimum absolute atomic E-state index is 0.0514. The maximum atomic E-state index is 6.53. The van der Waals surface area contributed by atoms with Crippen LogP contribution in [-0.4, -0.2) is 10.8 Å². The quantitative estimate of drug-likeness (QED) is 0.363. The molecule has 3 aliphatic carbocycles. The minimum atomic E-state index is -0.0721. The average Bonchev–Trinajstić information content (AvgIpc) is 2.98. The predicted octanol–water partition coefficient (Wildman–Crippen LogP) is 7.55. The molecular formula is C24H26Cl2. The Morgan fingerprint density at radius 2 is 1.92 bits per heavy atom. The van der Waals surface area contributed by atoms with E-state index in [1.54, 1.807) is 11.1 Å².